The van der Waals surface area contributed by atoms with Crippen molar-refractivity contribution in [3.63, 3.8) is 0 Å². The molecule has 6 heteroatoms. The molecule has 1 unspecified atom stereocenters. The standard InChI is InChI=1S/C26H24FNO4/c27-22-13-11-21(12-14-22)24(29)15-16-26(31)32-18-25(30)28-23(20-9-5-2-6-10-20)17-19-7-3-1-4-8-19/h1-14,23H,15-18H2,(H,28,30). The average molecular weight is 433 g/mol. The number of rotatable bonds is 10. The smallest absolute Gasteiger partial charge is 0.306 e. The number of amides is 1. The molecular weight excluding hydrogens is 409 g/mol. The third kappa shape index (κ3) is 7.16. The van der Waals surface area contributed by atoms with Crippen LogP contribution in [0.5, 0.6) is 0 Å². The summed E-state index contributed by atoms with van der Waals surface area (Å²) in [5.74, 6) is -1.80. The molecule has 1 N–H and O–H groups in total. The molecule has 0 heterocycles. The highest BCUT2D eigenvalue weighted by Gasteiger charge is 2.17. The van der Waals surface area contributed by atoms with E-state index in [1.165, 1.54) is 24.3 Å². The summed E-state index contributed by atoms with van der Waals surface area (Å²) in [6, 6.07) is 24.2. The minimum atomic E-state index is -0.644. The van der Waals surface area contributed by atoms with Crippen LogP contribution in [0.1, 0.15) is 40.4 Å². The van der Waals surface area contributed by atoms with Crippen LogP contribution in [-0.4, -0.2) is 24.3 Å². The van der Waals surface area contributed by atoms with E-state index in [1.807, 2.05) is 60.7 Å². The number of halogens is 1. The summed E-state index contributed by atoms with van der Waals surface area (Å²) in [5.41, 5.74) is 2.34. The lowest BCUT2D eigenvalue weighted by Crippen LogP contribution is -2.33. The Labute approximate surface area is 186 Å². The maximum atomic E-state index is 12.9. The number of hydrogen-bond acceptors (Lipinski definition) is 4. The number of ketones is 1. The van der Waals surface area contributed by atoms with Crippen molar-refractivity contribution in [1.82, 2.24) is 5.32 Å². The zero-order valence-electron chi connectivity index (χ0n) is 17.5. The number of Topliss-reactive ketones (excluding diaryl/α,β-unsaturated/α-hetero) is 1. The predicted molar refractivity (Wildman–Crippen MR) is 118 cm³/mol. The predicted octanol–water partition coefficient (Wildman–Crippen LogP) is 4.43. The molecule has 1 amide bonds. The second-order valence-electron chi connectivity index (χ2n) is 7.31. The van der Waals surface area contributed by atoms with E-state index >= 15 is 0 Å². The molecule has 0 fully saturated rings. The van der Waals surface area contributed by atoms with Crippen LogP contribution in [-0.2, 0) is 20.7 Å². The van der Waals surface area contributed by atoms with Gasteiger partial charge in [0.2, 0.25) is 0 Å². The van der Waals surface area contributed by atoms with Gasteiger partial charge in [-0.25, -0.2) is 4.39 Å². The van der Waals surface area contributed by atoms with Crippen molar-refractivity contribution in [3.05, 3.63) is 107 Å². The third-order valence-corrected chi connectivity index (χ3v) is 4.91. The summed E-state index contributed by atoms with van der Waals surface area (Å²) >= 11 is 0. The summed E-state index contributed by atoms with van der Waals surface area (Å²) in [7, 11) is 0. The van der Waals surface area contributed by atoms with Crippen molar-refractivity contribution in [2.75, 3.05) is 6.61 Å². The quantitative estimate of drug-likeness (QED) is 0.379. The van der Waals surface area contributed by atoms with Gasteiger partial charge in [0, 0.05) is 12.0 Å². The van der Waals surface area contributed by atoms with Gasteiger partial charge in [0.25, 0.3) is 5.91 Å². The summed E-state index contributed by atoms with van der Waals surface area (Å²) in [6.45, 7) is -0.429. The topological polar surface area (TPSA) is 72.5 Å². The minimum Gasteiger partial charge on any atom is -0.456 e. The van der Waals surface area contributed by atoms with Gasteiger partial charge in [-0.15, -0.1) is 0 Å². The molecule has 0 aromatic heterocycles. The molecule has 0 aliphatic heterocycles. The van der Waals surface area contributed by atoms with Crippen LogP contribution >= 0.6 is 0 Å². The van der Waals surface area contributed by atoms with Crippen LogP contribution in [0.3, 0.4) is 0 Å². The zero-order chi connectivity index (χ0) is 22.8. The van der Waals surface area contributed by atoms with Gasteiger partial charge >= 0.3 is 5.97 Å². The Morgan fingerprint density at radius 2 is 1.44 bits per heavy atom. The Morgan fingerprint density at radius 3 is 2.09 bits per heavy atom. The number of nitrogens with one attached hydrogen (secondary N) is 1. The van der Waals surface area contributed by atoms with Gasteiger partial charge in [-0.1, -0.05) is 60.7 Å². The fraction of sp³-hybridized carbons (Fsp3) is 0.192. The summed E-state index contributed by atoms with van der Waals surface area (Å²) in [6.07, 6.45) is 0.360. The molecule has 32 heavy (non-hydrogen) atoms. The Hall–Kier alpha value is -3.80. The van der Waals surface area contributed by atoms with Gasteiger partial charge in [0.15, 0.2) is 12.4 Å². The average Bonchev–Trinajstić information content (AvgIpc) is 2.82. The van der Waals surface area contributed by atoms with Gasteiger partial charge in [-0.05, 0) is 41.8 Å². The molecule has 5 nitrogen and oxygen atoms in total. The molecule has 0 bridgehead atoms. The number of ether oxygens (including phenoxy) is 1. The van der Waals surface area contributed by atoms with E-state index in [1.54, 1.807) is 0 Å². The van der Waals surface area contributed by atoms with Crippen LogP contribution < -0.4 is 5.32 Å². The fourth-order valence-electron chi connectivity index (χ4n) is 3.24. The van der Waals surface area contributed by atoms with Crippen LogP contribution in [0.15, 0.2) is 84.9 Å². The molecule has 0 aliphatic rings. The highest BCUT2D eigenvalue weighted by atomic mass is 19.1. The first-order chi connectivity index (χ1) is 15.5. The molecule has 1 atom stereocenters. The van der Waals surface area contributed by atoms with E-state index in [0.717, 1.165) is 11.1 Å². The van der Waals surface area contributed by atoms with Crippen molar-refractivity contribution in [3.8, 4) is 0 Å². The van der Waals surface area contributed by atoms with E-state index in [0.29, 0.717) is 12.0 Å². The van der Waals surface area contributed by atoms with Crippen molar-refractivity contribution in [2.24, 2.45) is 0 Å². The Bertz CT molecular complexity index is 1040. The van der Waals surface area contributed by atoms with Crippen molar-refractivity contribution >= 4 is 17.7 Å². The molecule has 3 aromatic carbocycles. The Balaban J connectivity index is 1.49. The van der Waals surface area contributed by atoms with Crippen LogP contribution in [0.25, 0.3) is 0 Å². The molecular formula is C26H24FNO4. The molecule has 0 saturated carbocycles. The molecule has 164 valence electrons. The SMILES string of the molecule is O=C(COC(=O)CCC(=O)c1ccc(F)cc1)NC(Cc1ccccc1)c1ccccc1. The molecule has 3 rings (SSSR count). The zero-order valence-corrected chi connectivity index (χ0v) is 17.5. The summed E-state index contributed by atoms with van der Waals surface area (Å²) in [4.78, 5) is 36.5. The summed E-state index contributed by atoms with van der Waals surface area (Å²) in [5, 5.41) is 2.91. The monoisotopic (exact) mass is 433 g/mol. The lowest BCUT2D eigenvalue weighted by molar-refractivity contribution is -0.148. The first-order valence-electron chi connectivity index (χ1n) is 10.3. The van der Waals surface area contributed by atoms with Crippen LogP contribution in [0, 0.1) is 5.82 Å². The highest BCUT2D eigenvalue weighted by molar-refractivity contribution is 5.97. The minimum absolute atomic E-state index is 0.0767. The van der Waals surface area contributed by atoms with Gasteiger partial charge in [-0.3, -0.25) is 14.4 Å². The normalized spacial score (nSPS) is 11.4. The number of carbonyl (C=O) groups is 3. The van der Waals surface area contributed by atoms with E-state index in [9.17, 15) is 18.8 Å². The maximum absolute atomic E-state index is 12.9. The molecule has 0 aliphatic carbocycles. The van der Waals surface area contributed by atoms with Gasteiger partial charge < -0.3 is 10.1 Å². The highest BCUT2D eigenvalue weighted by Crippen LogP contribution is 2.18. The maximum Gasteiger partial charge on any atom is 0.306 e. The van der Waals surface area contributed by atoms with Crippen LogP contribution in [0.4, 0.5) is 4.39 Å². The number of hydrogen-bond donors (Lipinski definition) is 1. The van der Waals surface area contributed by atoms with E-state index < -0.39 is 24.3 Å². The van der Waals surface area contributed by atoms with Crippen molar-refractivity contribution in [1.29, 1.82) is 0 Å². The lowest BCUT2D eigenvalue weighted by atomic mass is 9.99. The number of carbonyl (C=O) groups excluding carboxylic acids is 3. The molecule has 3 aromatic rings. The van der Waals surface area contributed by atoms with Gasteiger partial charge in [-0.2, -0.15) is 0 Å². The Morgan fingerprint density at radius 1 is 0.812 bits per heavy atom. The van der Waals surface area contributed by atoms with E-state index in [4.69, 9.17) is 4.74 Å². The van der Waals surface area contributed by atoms with Gasteiger partial charge in [0.05, 0.1) is 12.5 Å². The molecule has 0 spiro atoms. The first-order valence-corrected chi connectivity index (χ1v) is 10.3. The van der Waals surface area contributed by atoms with E-state index in [2.05, 4.69) is 5.32 Å². The van der Waals surface area contributed by atoms with Crippen LogP contribution in [0.2, 0.25) is 0 Å². The summed E-state index contributed by atoms with van der Waals surface area (Å²) < 4.78 is 18.0. The molecule has 0 radical (unpaired) electrons. The largest absolute Gasteiger partial charge is 0.456 e. The van der Waals surface area contributed by atoms with Crippen molar-refractivity contribution < 1.29 is 23.5 Å². The van der Waals surface area contributed by atoms with Crippen molar-refractivity contribution in [2.45, 2.75) is 25.3 Å². The first kappa shape index (κ1) is 22.9. The third-order valence-electron chi connectivity index (χ3n) is 4.91. The lowest BCUT2D eigenvalue weighted by Gasteiger charge is -2.19. The Kier molecular flexibility index (Phi) is 8.26. The fourth-order valence-corrected chi connectivity index (χ4v) is 3.24. The molecule has 0 saturated heterocycles. The van der Waals surface area contributed by atoms with Gasteiger partial charge in [0.1, 0.15) is 5.82 Å². The second-order valence-corrected chi connectivity index (χ2v) is 7.31. The number of benzene rings is 3. The number of esters is 1. The van der Waals surface area contributed by atoms with E-state index in [-0.39, 0.29) is 24.7 Å². The second kappa shape index (κ2) is 11.6.